The zero-order chi connectivity index (χ0) is 21.7. The lowest BCUT2D eigenvalue weighted by molar-refractivity contribution is -0.133. The van der Waals surface area contributed by atoms with Gasteiger partial charge in [0.15, 0.2) is 17.7 Å². The molecule has 2 aromatic rings. The van der Waals surface area contributed by atoms with E-state index in [4.69, 9.17) is 20.6 Å². The Morgan fingerprint density at radius 2 is 1.93 bits per heavy atom. The number of amides is 1. The summed E-state index contributed by atoms with van der Waals surface area (Å²) >= 11 is 0. The van der Waals surface area contributed by atoms with Crippen LogP contribution in [-0.4, -0.2) is 25.0 Å². The fourth-order valence-electron chi connectivity index (χ4n) is 2.93. The van der Waals surface area contributed by atoms with Gasteiger partial charge in [-0.05, 0) is 43.4 Å². The quantitative estimate of drug-likeness (QED) is 0.408. The number of carbonyl (C=O) groups is 1. The largest absolute Gasteiger partial charge is 0.490 e. The van der Waals surface area contributed by atoms with Gasteiger partial charge in [0.2, 0.25) is 0 Å². The third kappa shape index (κ3) is 5.33. The van der Waals surface area contributed by atoms with E-state index in [0.29, 0.717) is 18.1 Å². The van der Waals surface area contributed by atoms with Gasteiger partial charge in [-0.3, -0.25) is 10.2 Å². The molecule has 0 aliphatic heterocycles. The third-order valence-corrected chi connectivity index (χ3v) is 4.83. The molecule has 30 heavy (non-hydrogen) atoms. The van der Waals surface area contributed by atoms with E-state index in [1.54, 1.807) is 31.2 Å². The smallest absolute Gasteiger partial charge is 0.254 e. The van der Waals surface area contributed by atoms with Crippen LogP contribution in [0.3, 0.4) is 0 Å². The van der Waals surface area contributed by atoms with E-state index in [-0.39, 0.29) is 24.7 Å². The van der Waals surface area contributed by atoms with Crippen LogP contribution in [-0.2, 0) is 16.1 Å². The highest BCUT2D eigenvalue weighted by Gasteiger charge is 2.30. The Kier molecular flexibility index (Phi) is 6.99. The maximum Gasteiger partial charge on any atom is 0.254 e. The van der Waals surface area contributed by atoms with Crippen LogP contribution >= 0.6 is 0 Å². The van der Waals surface area contributed by atoms with E-state index in [1.165, 1.54) is 6.07 Å². The summed E-state index contributed by atoms with van der Waals surface area (Å²) in [5.41, 5.74) is 6.26. The number of ether oxygens (including phenoxy) is 2. The van der Waals surface area contributed by atoms with Crippen molar-refractivity contribution in [2.24, 2.45) is 11.7 Å². The molecule has 1 unspecified atom stereocenters. The van der Waals surface area contributed by atoms with E-state index in [0.717, 1.165) is 24.5 Å². The lowest BCUT2D eigenvalue weighted by atomic mass is 10.1. The topological polar surface area (TPSA) is 97.4 Å². The number of nitrogens with one attached hydrogen (secondary N) is 2. The van der Waals surface area contributed by atoms with Crippen molar-refractivity contribution in [3.8, 4) is 5.75 Å². The molecule has 0 saturated heterocycles. The number of nitrogen functional groups attached to an aromatic ring is 1. The number of amidine groups is 1. The second-order valence-electron chi connectivity index (χ2n) is 7.19. The van der Waals surface area contributed by atoms with Crippen LogP contribution in [0.1, 0.15) is 42.6 Å². The molecule has 1 aliphatic rings. The van der Waals surface area contributed by atoms with Gasteiger partial charge in [-0.2, -0.15) is 0 Å². The van der Waals surface area contributed by atoms with Crippen LogP contribution in [0, 0.1) is 23.0 Å². The average Bonchev–Trinajstić information content (AvgIpc) is 3.55. The van der Waals surface area contributed by atoms with E-state index in [9.17, 15) is 13.6 Å². The molecule has 2 aromatic carbocycles. The molecular formula is C22H25F2N3O3. The first-order chi connectivity index (χ1) is 14.4. The van der Waals surface area contributed by atoms with Crippen molar-refractivity contribution in [1.82, 2.24) is 5.32 Å². The Balaban J connectivity index is 1.74. The third-order valence-electron chi connectivity index (χ3n) is 4.83. The van der Waals surface area contributed by atoms with Crippen LogP contribution in [0.2, 0.25) is 0 Å². The average molecular weight is 417 g/mol. The maximum absolute atomic E-state index is 15.0. The molecule has 8 heteroatoms. The summed E-state index contributed by atoms with van der Waals surface area (Å²) in [5.74, 6) is -2.20. The summed E-state index contributed by atoms with van der Waals surface area (Å²) in [4.78, 5) is 12.7. The summed E-state index contributed by atoms with van der Waals surface area (Å²) in [5, 5.41) is 10.0. The maximum atomic E-state index is 15.0. The highest BCUT2D eigenvalue weighted by atomic mass is 19.1. The molecule has 1 fully saturated rings. The molecule has 1 saturated carbocycles. The van der Waals surface area contributed by atoms with Gasteiger partial charge >= 0.3 is 0 Å². The molecule has 1 amide bonds. The minimum absolute atomic E-state index is 0.0586. The summed E-state index contributed by atoms with van der Waals surface area (Å²) < 4.78 is 40.3. The number of halogens is 2. The van der Waals surface area contributed by atoms with Gasteiger partial charge < -0.3 is 20.5 Å². The van der Waals surface area contributed by atoms with Gasteiger partial charge in [0.1, 0.15) is 11.7 Å². The van der Waals surface area contributed by atoms with Crippen molar-refractivity contribution in [3.63, 3.8) is 0 Å². The van der Waals surface area contributed by atoms with Crippen molar-refractivity contribution >= 4 is 11.7 Å². The lowest BCUT2D eigenvalue weighted by Crippen LogP contribution is -2.31. The van der Waals surface area contributed by atoms with Crippen LogP contribution in [0.25, 0.3) is 0 Å². The first kappa shape index (κ1) is 21.7. The van der Waals surface area contributed by atoms with E-state index < -0.39 is 29.2 Å². The molecule has 1 aliphatic carbocycles. The predicted molar refractivity (Wildman–Crippen MR) is 108 cm³/mol. The van der Waals surface area contributed by atoms with Gasteiger partial charge in [-0.1, -0.05) is 24.3 Å². The van der Waals surface area contributed by atoms with Crippen molar-refractivity contribution in [2.75, 3.05) is 13.2 Å². The number of carbonyl (C=O) groups excluding carboxylic acids is 1. The molecule has 0 heterocycles. The molecule has 0 bridgehead atoms. The van der Waals surface area contributed by atoms with Crippen molar-refractivity contribution in [1.29, 1.82) is 5.41 Å². The molecule has 0 spiro atoms. The van der Waals surface area contributed by atoms with Crippen LogP contribution in [0.4, 0.5) is 8.78 Å². The second kappa shape index (κ2) is 9.67. The first-order valence-corrected chi connectivity index (χ1v) is 9.84. The Morgan fingerprint density at radius 3 is 2.53 bits per heavy atom. The Hall–Kier alpha value is -3.00. The Bertz CT molecular complexity index is 915. The predicted octanol–water partition coefficient (Wildman–Crippen LogP) is 3.43. The lowest BCUT2D eigenvalue weighted by Gasteiger charge is -2.20. The van der Waals surface area contributed by atoms with Crippen molar-refractivity contribution in [2.45, 2.75) is 32.4 Å². The highest BCUT2D eigenvalue weighted by molar-refractivity contribution is 5.94. The molecule has 0 radical (unpaired) electrons. The summed E-state index contributed by atoms with van der Waals surface area (Å²) in [7, 11) is 0. The van der Waals surface area contributed by atoms with E-state index in [1.807, 2.05) is 0 Å². The Morgan fingerprint density at radius 1 is 1.23 bits per heavy atom. The zero-order valence-corrected chi connectivity index (χ0v) is 16.7. The number of hydrogen-bond acceptors (Lipinski definition) is 4. The molecule has 3 rings (SSSR count). The Labute approximate surface area is 173 Å². The summed E-state index contributed by atoms with van der Waals surface area (Å²) in [6.07, 6.45) is 0.621. The normalized spacial score (nSPS) is 14.2. The van der Waals surface area contributed by atoms with Crippen molar-refractivity contribution < 1.29 is 23.0 Å². The van der Waals surface area contributed by atoms with E-state index in [2.05, 4.69) is 5.32 Å². The molecular weight excluding hydrogens is 392 g/mol. The minimum atomic E-state index is -1.45. The fourth-order valence-corrected chi connectivity index (χ4v) is 2.93. The molecule has 6 nitrogen and oxygen atoms in total. The van der Waals surface area contributed by atoms with Gasteiger partial charge in [-0.25, -0.2) is 8.78 Å². The van der Waals surface area contributed by atoms with Crippen LogP contribution < -0.4 is 15.8 Å². The highest BCUT2D eigenvalue weighted by Crippen LogP contribution is 2.33. The molecule has 0 aromatic heterocycles. The van der Waals surface area contributed by atoms with Gasteiger partial charge in [0.25, 0.3) is 5.91 Å². The van der Waals surface area contributed by atoms with Gasteiger partial charge in [-0.15, -0.1) is 0 Å². The van der Waals surface area contributed by atoms with Gasteiger partial charge in [0, 0.05) is 18.7 Å². The van der Waals surface area contributed by atoms with Crippen molar-refractivity contribution in [3.05, 3.63) is 64.7 Å². The first-order valence-electron chi connectivity index (χ1n) is 9.84. The number of hydrogen-bond donors (Lipinski definition) is 3. The van der Waals surface area contributed by atoms with Crippen LogP contribution in [0.5, 0.6) is 5.75 Å². The number of benzene rings is 2. The molecule has 4 N–H and O–H groups in total. The summed E-state index contributed by atoms with van der Waals surface area (Å²) in [6.45, 7) is 2.23. The van der Waals surface area contributed by atoms with Crippen LogP contribution in [0.15, 0.2) is 36.4 Å². The number of nitrogens with two attached hydrogens (primary N) is 1. The molecule has 160 valence electrons. The zero-order valence-electron chi connectivity index (χ0n) is 16.7. The number of rotatable bonds is 10. The summed E-state index contributed by atoms with van der Waals surface area (Å²) in [6, 6.07) is 9.04. The SMILES string of the molecule is CCOC(C(=O)NCc1ccc(C(=N)N)cc1)c1c(F)ccc(OCC2CC2)c1F. The fraction of sp³-hybridized carbons (Fsp3) is 0.364. The van der Waals surface area contributed by atoms with E-state index >= 15 is 0 Å². The second-order valence-corrected chi connectivity index (χ2v) is 7.19. The minimum Gasteiger partial charge on any atom is -0.490 e. The van der Waals surface area contributed by atoms with Gasteiger partial charge in [0.05, 0.1) is 12.2 Å². The molecule has 1 atom stereocenters. The standard InChI is InChI=1S/C22H25F2N3O3/c1-2-29-20(22(28)27-11-13-5-7-15(8-6-13)21(25)26)18-16(23)9-10-17(19(18)24)30-12-14-3-4-14/h5-10,14,20H,2-4,11-12H2,1H3,(H3,25,26)(H,27,28). The monoisotopic (exact) mass is 417 g/mol.